The maximum atomic E-state index is 10.3. The molecule has 17 heavy (non-hydrogen) atoms. The number of fused-ring (bicyclic) bond motifs is 1. The van der Waals surface area contributed by atoms with Crippen LogP contribution in [0, 0.1) is 11.3 Å². The normalized spacial score (nSPS) is 10.8. The van der Waals surface area contributed by atoms with E-state index in [2.05, 4.69) is 6.07 Å². The van der Waals surface area contributed by atoms with Gasteiger partial charge in [0.05, 0.1) is 11.6 Å². The van der Waals surface area contributed by atoms with Crippen molar-refractivity contribution in [3.63, 3.8) is 0 Å². The summed E-state index contributed by atoms with van der Waals surface area (Å²) < 4.78 is 1.93. The van der Waals surface area contributed by atoms with Crippen molar-refractivity contribution >= 4 is 16.9 Å². The molecule has 0 saturated heterocycles. The van der Waals surface area contributed by atoms with Gasteiger partial charge in [-0.25, -0.2) is 4.79 Å². The van der Waals surface area contributed by atoms with Crippen LogP contribution >= 0.6 is 0 Å². The number of carboxylic acid groups (broad SMARTS) is 1. The van der Waals surface area contributed by atoms with Crippen molar-refractivity contribution in [2.45, 2.75) is 6.54 Å². The van der Waals surface area contributed by atoms with Crippen molar-refractivity contribution in [1.29, 1.82) is 5.26 Å². The molecule has 0 aliphatic carbocycles. The first-order valence-electron chi connectivity index (χ1n) is 5.09. The van der Waals surface area contributed by atoms with Gasteiger partial charge in [0.15, 0.2) is 0 Å². The number of allylic oxidation sites excluding steroid dienone is 1. The zero-order valence-corrected chi connectivity index (χ0v) is 9.00. The summed E-state index contributed by atoms with van der Waals surface area (Å²) in [5, 5.41) is 18.2. The Labute approximate surface area is 98.0 Å². The molecule has 0 fully saturated rings. The molecular weight excluding hydrogens is 216 g/mol. The Morgan fingerprint density at radius 2 is 2.29 bits per heavy atom. The van der Waals surface area contributed by atoms with Crippen molar-refractivity contribution in [3.05, 3.63) is 48.2 Å². The zero-order valence-electron chi connectivity index (χ0n) is 9.00. The molecule has 0 aliphatic heterocycles. The third kappa shape index (κ3) is 2.34. The van der Waals surface area contributed by atoms with Gasteiger partial charge in [0.2, 0.25) is 0 Å². The summed E-state index contributed by atoms with van der Waals surface area (Å²) in [6, 6.07) is 9.42. The number of carbonyl (C=O) groups is 1. The van der Waals surface area contributed by atoms with Crippen LogP contribution in [0.1, 0.15) is 5.56 Å². The van der Waals surface area contributed by atoms with Crippen LogP contribution < -0.4 is 0 Å². The fourth-order valence-electron chi connectivity index (χ4n) is 1.70. The molecule has 1 aromatic carbocycles. The standard InChI is InChI=1S/C13H10N2O2/c14-9-10-3-4-12-11(8-10)5-7-15(12)6-1-2-13(16)17/h1-5,7-8H,6H2,(H,16,17)/b2-1+. The zero-order chi connectivity index (χ0) is 12.3. The number of hydrogen-bond donors (Lipinski definition) is 1. The largest absolute Gasteiger partial charge is 0.478 e. The highest BCUT2D eigenvalue weighted by atomic mass is 16.4. The van der Waals surface area contributed by atoms with Crippen molar-refractivity contribution in [2.24, 2.45) is 0 Å². The Morgan fingerprint density at radius 1 is 1.47 bits per heavy atom. The van der Waals surface area contributed by atoms with E-state index in [0.717, 1.165) is 17.0 Å². The fraction of sp³-hybridized carbons (Fsp3) is 0.0769. The van der Waals surface area contributed by atoms with Gasteiger partial charge >= 0.3 is 5.97 Å². The van der Waals surface area contributed by atoms with Gasteiger partial charge < -0.3 is 9.67 Å². The van der Waals surface area contributed by atoms with Crippen LogP contribution in [0.3, 0.4) is 0 Å². The summed E-state index contributed by atoms with van der Waals surface area (Å²) in [4.78, 5) is 10.3. The maximum absolute atomic E-state index is 10.3. The van der Waals surface area contributed by atoms with Crippen LogP contribution in [0.25, 0.3) is 10.9 Å². The van der Waals surface area contributed by atoms with Crippen molar-refractivity contribution in [2.75, 3.05) is 0 Å². The number of nitriles is 1. The number of rotatable bonds is 3. The molecule has 0 atom stereocenters. The van der Waals surface area contributed by atoms with Gasteiger partial charge in [-0.2, -0.15) is 5.26 Å². The fourth-order valence-corrected chi connectivity index (χ4v) is 1.70. The molecule has 1 N–H and O–H groups in total. The number of hydrogen-bond acceptors (Lipinski definition) is 2. The highest BCUT2D eigenvalue weighted by Gasteiger charge is 2.00. The van der Waals surface area contributed by atoms with Crippen molar-refractivity contribution in [1.82, 2.24) is 4.57 Å². The minimum Gasteiger partial charge on any atom is -0.478 e. The van der Waals surface area contributed by atoms with E-state index in [4.69, 9.17) is 10.4 Å². The third-order valence-corrected chi connectivity index (χ3v) is 2.46. The van der Waals surface area contributed by atoms with Crippen LogP contribution in [0.15, 0.2) is 42.6 Å². The molecule has 1 heterocycles. The van der Waals surface area contributed by atoms with Crippen LogP contribution in [-0.2, 0) is 11.3 Å². The molecular formula is C13H10N2O2. The van der Waals surface area contributed by atoms with Crippen molar-refractivity contribution in [3.8, 4) is 6.07 Å². The lowest BCUT2D eigenvalue weighted by molar-refractivity contribution is -0.131. The summed E-state index contributed by atoms with van der Waals surface area (Å²) in [5.74, 6) is -0.951. The van der Waals surface area contributed by atoms with E-state index in [1.165, 1.54) is 0 Å². The second kappa shape index (κ2) is 4.54. The van der Waals surface area contributed by atoms with Gasteiger partial charge in [-0.05, 0) is 24.3 Å². The summed E-state index contributed by atoms with van der Waals surface area (Å²) >= 11 is 0. The monoisotopic (exact) mass is 226 g/mol. The molecule has 0 saturated carbocycles. The highest BCUT2D eigenvalue weighted by Crippen LogP contribution is 2.17. The smallest absolute Gasteiger partial charge is 0.328 e. The maximum Gasteiger partial charge on any atom is 0.328 e. The molecule has 0 radical (unpaired) electrons. The van der Waals surface area contributed by atoms with Crippen molar-refractivity contribution < 1.29 is 9.90 Å². The van der Waals surface area contributed by atoms with Gasteiger partial charge in [-0.15, -0.1) is 0 Å². The van der Waals surface area contributed by atoms with Gasteiger partial charge in [0.1, 0.15) is 0 Å². The van der Waals surface area contributed by atoms with Gasteiger partial charge in [-0.3, -0.25) is 0 Å². The molecule has 4 nitrogen and oxygen atoms in total. The predicted octanol–water partition coefficient (Wildman–Crippen LogP) is 2.15. The van der Waals surface area contributed by atoms with E-state index >= 15 is 0 Å². The van der Waals surface area contributed by atoms with E-state index in [0.29, 0.717) is 12.1 Å². The Balaban J connectivity index is 2.31. The number of aromatic nitrogens is 1. The number of carboxylic acids is 1. The van der Waals surface area contributed by atoms with Crippen LogP contribution in [-0.4, -0.2) is 15.6 Å². The van der Waals surface area contributed by atoms with Gasteiger partial charge in [0.25, 0.3) is 0 Å². The second-order valence-corrected chi connectivity index (χ2v) is 3.59. The molecule has 0 spiro atoms. The second-order valence-electron chi connectivity index (χ2n) is 3.59. The molecule has 4 heteroatoms. The highest BCUT2D eigenvalue weighted by molar-refractivity contribution is 5.82. The minimum absolute atomic E-state index is 0.502. The molecule has 0 aliphatic rings. The Bertz CT molecular complexity index is 632. The Morgan fingerprint density at radius 3 is 3.00 bits per heavy atom. The number of aliphatic carboxylic acids is 1. The first-order valence-corrected chi connectivity index (χ1v) is 5.09. The summed E-state index contributed by atoms with van der Waals surface area (Å²) in [6.45, 7) is 0.502. The number of benzene rings is 1. The molecule has 2 rings (SSSR count). The summed E-state index contributed by atoms with van der Waals surface area (Å²) in [5.41, 5.74) is 1.61. The average Bonchev–Trinajstić information content (AvgIpc) is 2.71. The molecule has 0 unspecified atom stereocenters. The third-order valence-electron chi connectivity index (χ3n) is 2.46. The molecule has 2 aromatic rings. The quantitative estimate of drug-likeness (QED) is 0.815. The number of nitrogens with zero attached hydrogens (tertiary/aromatic N) is 2. The first-order chi connectivity index (χ1) is 8.20. The van der Waals surface area contributed by atoms with E-state index in [1.807, 2.05) is 29.0 Å². The van der Waals surface area contributed by atoms with Crippen LogP contribution in [0.2, 0.25) is 0 Å². The lowest BCUT2D eigenvalue weighted by atomic mass is 10.2. The molecule has 84 valence electrons. The lowest BCUT2D eigenvalue weighted by Crippen LogP contribution is -1.94. The molecule has 0 bridgehead atoms. The van der Waals surface area contributed by atoms with E-state index in [1.54, 1.807) is 12.1 Å². The average molecular weight is 226 g/mol. The molecule has 0 amide bonds. The summed E-state index contributed by atoms with van der Waals surface area (Å²) in [6.07, 6.45) is 4.58. The SMILES string of the molecule is N#Cc1ccc2c(ccn2C/C=C/C(=O)O)c1. The minimum atomic E-state index is -0.951. The van der Waals surface area contributed by atoms with Crippen LogP contribution in [0.4, 0.5) is 0 Å². The predicted molar refractivity (Wildman–Crippen MR) is 63.4 cm³/mol. The summed E-state index contributed by atoms with van der Waals surface area (Å²) in [7, 11) is 0. The molecule has 1 aromatic heterocycles. The van der Waals surface area contributed by atoms with E-state index in [-0.39, 0.29) is 0 Å². The Hall–Kier alpha value is -2.54. The lowest BCUT2D eigenvalue weighted by Gasteiger charge is -2.00. The van der Waals surface area contributed by atoms with Gasteiger partial charge in [-0.1, -0.05) is 6.08 Å². The van der Waals surface area contributed by atoms with Crippen LogP contribution in [0.5, 0.6) is 0 Å². The van der Waals surface area contributed by atoms with E-state index < -0.39 is 5.97 Å². The first kappa shape index (κ1) is 11.0. The van der Waals surface area contributed by atoms with E-state index in [9.17, 15) is 4.79 Å². The topological polar surface area (TPSA) is 66.0 Å². The van der Waals surface area contributed by atoms with Gasteiger partial charge in [0, 0.05) is 29.7 Å². The Kier molecular flexibility index (Phi) is 2.93.